The number of amides is 2. The number of β-lactam (4-membered cyclic amide) rings is 1. The van der Waals surface area contributed by atoms with E-state index in [4.69, 9.17) is 16.3 Å². The van der Waals surface area contributed by atoms with Crippen LogP contribution in [-0.4, -0.2) is 98.6 Å². The van der Waals surface area contributed by atoms with E-state index in [-0.39, 0.29) is 34.2 Å². The number of rotatable bonds is 12. The largest absolute Gasteiger partial charge is 0.477 e. The molecule has 2 aromatic heterocycles. The maximum atomic E-state index is 13.2. The van der Waals surface area contributed by atoms with Crippen molar-refractivity contribution in [3.8, 4) is 0 Å². The number of fused-ring (bicyclic) bond motifs is 1. The van der Waals surface area contributed by atoms with E-state index in [2.05, 4.69) is 35.4 Å². The zero-order chi connectivity index (χ0) is 28.2. The number of hydrogen-bond donors (Lipinski definition) is 4. The highest BCUT2D eigenvalue weighted by Crippen LogP contribution is 2.41. The van der Waals surface area contributed by atoms with E-state index in [1.165, 1.54) is 28.4 Å². The number of anilines is 1. The van der Waals surface area contributed by atoms with Gasteiger partial charge in [-0.1, -0.05) is 16.9 Å². The first-order chi connectivity index (χ1) is 19.4. The summed E-state index contributed by atoms with van der Waals surface area (Å²) in [5, 5.41) is 28.4. The van der Waals surface area contributed by atoms with E-state index < -0.39 is 29.2 Å². The molecule has 2 amide bonds. The zero-order valence-electron chi connectivity index (χ0n) is 21.1. The molecule has 3 aliphatic rings. The molecular formula is C21H27N11O5S3. The van der Waals surface area contributed by atoms with Gasteiger partial charge in [-0.25, -0.2) is 9.48 Å². The van der Waals surface area contributed by atoms with Crippen LogP contribution in [0.25, 0.3) is 0 Å². The molecule has 16 nitrogen and oxygen atoms in total. The average molecular weight is 610 g/mol. The van der Waals surface area contributed by atoms with Crippen LogP contribution >= 0.6 is 35.1 Å². The number of carboxylic acid groups (broad SMARTS) is 1. The van der Waals surface area contributed by atoms with Crippen molar-refractivity contribution in [2.24, 2.45) is 10.9 Å². The molecule has 2 atom stereocenters. The van der Waals surface area contributed by atoms with Crippen LogP contribution in [0.2, 0.25) is 0 Å². The van der Waals surface area contributed by atoms with Crippen LogP contribution in [0.3, 0.4) is 0 Å². The zero-order valence-corrected chi connectivity index (χ0v) is 23.6. The van der Waals surface area contributed by atoms with Crippen molar-refractivity contribution in [1.29, 1.82) is 0 Å². The number of oxime groups is 1. The molecule has 2 fully saturated rings. The first-order valence-corrected chi connectivity index (χ1v) is 15.3. The predicted molar refractivity (Wildman–Crippen MR) is 146 cm³/mol. The lowest BCUT2D eigenvalue weighted by atomic mass is 10.0. The first-order valence-electron chi connectivity index (χ1n) is 12.5. The summed E-state index contributed by atoms with van der Waals surface area (Å²) in [4.78, 5) is 49.4. The lowest BCUT2D eigenvalue weighted by molar-refractivity contribution is -0.150. The van der Waals surface area contributed by atoms with Gasteiger partial charge in [0.05, 0.1) is 0 Å². The number of carbonyl (C=O) groups is 3. The SMILES string of the molecule is NCCCn1nnnc1SCC1=C(C(=O)O)N2C(=O)C(NC(=O)C(=NOC3CCCC3)c3nsc(N)n3)[C@@H]2SC1. The Balaban J connectivity index is 1.28. The number of aromatic nitrogens is 6. The van der Waals surface area contributed by atoms with E-state index in [0.717, 1.165) is 37.2 Å². The molecule has 214 valence electrons. The van der Waals surface area contributed by atoms with Crippen molar-refractivity contribution in [2.45, 2.75) is 61.3 Å². The summed E-state index contributed by atoms with van der Waals surface area (Å²) in [6, 6.07) is -0.961. The van der Waals surface area contributed by atoms with Gasteiger partial charge in [-0.2, -0.15) is 9.36 Å². The number of nitrogens with zero attached hydrogens (tertiary/aromatic N) is 8. The maximum Gasteiger partial charge on any atom is 0.352 e. The van der Waals surface area contributed by atoms with Gasteiger partial charge in [0.25, 0.3) is 11.8 Å². The number of tetrazole rings is 1. The normalized spacial score (nSPS) is 21.4. The highest BCUT2D eigenvalue weighted by molar-refractivity contribution is 8.01. The molecule has 1 saturated heterocycles. The van der Waals surface area contributed by atoms with Gasteiger partial charge in [0, 0.05) is 29.6 Å². The fraction of sp³-hybridized carbons (Fsp3) is 0.571. The van der Waals surface area contributed by atoms with Crippen LogP contribution in [0, 0.1) is 0 Å². The van der Waals surface area contributed by atoms with Gasteiger partial charge in [-0.05, 0) is 54.6 Å². The van der Waals surface area contributed by atoms with Crippen molar-refractivity contribution in [2.75, 3.05) is 23.8 Å². The number of carboxylic acids is 1. The predicted octanol–water partition coefficient (Wildman–Crippen LogP) is -0.350. The molecule has 0 radical (unpaired) electrons. The van der Waals surface area contributed by atoms with Crippen molar-refractivity contribution in [3.63, 3.8) is 0 Å². The lowest BCUT2D eigenvalue weighted by Gasteiger charge is -2.49. The number of nitrogens with two attached hydrogens (primary N) is 2. The van der Waals surface area contributed by atoms with Gasteiger partial charge in [0.15, 0.2) is 5.13 Å². The number of aliphatic carboxylic acids is 1. The molecule has 40 heavy (non-hydrogen) atoms. The van der Waals surface area contributed by atoms with Crippen LogP contribution in [0.5, 0.6) is 0 Å². The second kappa shape index (κ2) is 12.5. The Morgan fingerprint density at radius 3 is 2.80 bits per heavy atom. The minimum atomic E-state index is -1.23. The summed E-state index contributed by atoms with van der Waals surface area (Å²) < 4.78 is 5.68. The van der Waals surface area contributed by atoms with Gasteiger partial charge < -0.3 is 26.7 Å². The third-order valence-corrected chi connectivity index (χ3v) is 9.37. The van der Waals surface area contributed by atoms with Crippen LogP contribution in [0.4, 0.5) is 5.13 Å². The molecule has 4 heterocycles. The minimum absolute atomic E-state index is 0.00263. The summed E-state index contributed by atoms with van der Waals surface area (Å²) in [5.41, 5.74) is 11.5. The third kappa shape index (κ3) is 5.91. The number of hydrogen-bond acceptors (Lipinski definition) is 15. The number of carbonyl (C=O) groups excluding carboxylic acids is 2. The molecule has 0 spiro atoms. The fourth-order valence-corrected chi connectivity index (χ4v) is 7.30. The van der Waals surface area contributed by atoms with E-state index in [1.54, 1.807) is 4.68 Å². The molecule has 6 N–H and O–H groups in total. The molecule has 1 saturated carbocycles. The number of nitrogens with one attached hydrogen (secondary N) is 1. The Bertz CT molecular complexity index is 1340. The fourth-order valence-electron chi connectivity index (χ4n) is 4.47. The molecule has 2 aliphatic heterocycles. The van der Waals surface area contributed by atoms with Gasteiger partial charge in [-0.3, -0.25) is 14.5 Å². The van der Waals surface area contributed by atoms with Crippen LogP contribution in [0.1, 0.15) is 37.9 Å². The van der Waals surface area contributed by atoms with Gasteiger partial charge in [-0.15, -0.1) is 16.9 Å². The van der Waals surface area contributed by atoms with E-state index in [9.17, 15) is 19.5 Å². The third-order valence-electron chi connectivity index (χ3n) is 6.45. The molecule has 2 aromatic rings. The van der Waals surface area contributed by atoms with Gasteiger partial charge in [0.1, 0.15) is 23.2 Å². The highest BCUT2D eigenvalue weighted by Gasteiger charge is 2.54. The Kier molecular flexibility index (Phi) is 8.81. The Labute approximate surface area is 240 Å². The van der Waals surface area contributed by atoms with E-state index in [0.29, 0.717) is 36.0 Å². The maximum absolute atomic E-state index is 13.2. The monoisotopic (exact) mass is 609 g/mol. The van der Waals surface area contributed by atoms with Gasteiger partial charge in [0.2, 0.25) is 16.7 Å². The topological polar surface area (TPSA) is 230 Å². The molecule has 5 rings (SSSR count). The molecule has 1 unspecified atom stereocenters. The summed E-state index contributed by atoms with van der Waals surface area (Å²) in [6.45, 7) is 1.03. The standard InChI is InChI=1S/C21H27N11O5S3/c22-6-3-7-31-21(26-29-30-31)39-9-10-8-38-18-13(17(34)32(18)14(10)19(35)36)24-16(33)12(15-25-20(23)40-28-15)27-37-11-4-1-2-5-11/h11,13,18H,1-9,22H2,(H,24,33)(H,35,36)(H2,23,25,28)/t13?,18-/m0/s1. The number of aryl methyl sites for hydroxylation is 1. The van der Waals surface area contributed by atoms with E-state index in [1.807, 2.05) is 0 Å². The molecule has 1 aliphatic carbocycles. The Morgan fingerprint density at radius 1 is 1.30 bits per heavy atom. The lowest BCUT2D eigenvalue weighted by Crippen LogP contribution is -2.71. The Morgan fingerprint density at radius 2 is 2.10 bits per heavy atom. The van der Waals surface area contributed by atoms with Crippen LogP contribution in [0.15, 0.2) is 21.6 Å². The molecular weight excluding hydrogens is 583 g/mol. The van der Waals surface area contributed by atoms with Crippen molar-refractivity contribution in [1.82, 2.24) is 39.8 Å². The summed E-state index contributed by atoms with van der Waals surface area (Å²) >= 11 is 3.55. The van der Waals surface area contributed by atoms with E-state index >= 15 is 0 Å². The first kappa shape index (κ1) is 28.2. The Hall–Kier alpha value is -3.29. The molecule has 19 heteroatoms. The minimum Gasteiger partial charge on any atom is -0.477 e. The summed E-state index contributed by atoms with van der Waals surface area (Å²) in [6.07, 6.45) is 4.26. The smallest absolute Gasteiger partial charge is 0.352 e. The van der Waals surface area contributed by atoms with Crippen molar-refractivity contribution >= 4 is 63.7 Å². The second-order valence-corrected chi connectivity index (χ2v) is 12.0. The van der Waals surface area contributed by atoms with Crippen molar-refractivity contribution < 1.29 is 24.3 Å². The summed E-state index contributed by atoms with van der Waals surface area (Å²) in [5.74, 6) is -1.86. The van der Waals surface area contributed by atoms with Crippen LogP contribution < -0.4 is 16.8 Å². The average Bonchev–Trinajstić information content (AvgIpc) is 3.71. The summed E-state index contributed by atoms with van der Waals surface area (Å²) in [7, 11) is 0. The number of nitrogen functional groups attached to an aromatic ring is 1. The molecule has 0 bridgehead atoms. The van der Waals surface area contributed by atoms with Gasteiger partial charge >= 0.3 is 5.97 Å². The quantitative estimate of drug-likeness (QED) is 0.104. The highest BCUT2D eigenvalue weighted by atomic mass is 32.2. The number of thioether (sulfide) groups is 2. The second-order valence-electron chi connectivity index (χ2n) is 9.14. The van der Waals surface area contributed by atoms with Crippen molar-refractivity contribution in [3.05, 3.63) is 17.1 Å². The molecule has 0 aromatic carbocycles. The van der Waals surface area contributed by atoms with Crippen LogP contribution in [-0.2, 0) is 25.8 Å².